The minimum Gasteiger partial charge on any atom is -0.466 e. The number of carbonyl (C=O) groups excluding carboxylic acids is 1. The van der Waals surface area contributed by atoms with Crippen molar-refractivity contribution >= 4 is 5.97 Å². The number of imidazole rings is 1. The van der Waals surface area contributed by atoms with E-state index in [0.29, 0.717) is 6.61 Å². The molecule has 2 heterocycles. The number of aryl methyl sites for hydroxylation is 1. The van der Waals surface area contributed by atoms with E-state index in [1.54, 1.807) is 12.4 Å². The van der Waals surface area contributed by atoms with Crippen molar-refractivity contribution in [2.75, 3.05) is 6.61 Å². The minimum absolute atomic E-state index is 0.220. The molecule has 5 heteroatoms. The molecule has 2 aromatic rings. The number of hydrogen-bond acceptors (Lipinski definition) is 3. The van der Waals surface area contributed by atoms with Crippen LogP contribution in [-0.4, -0.2) is 22.1 Å². The smallest absolute Gasteiger partial charge is 0.302 e. The summed E-state index contributed by atoms with van der Waals surface area (Å²) in [5, 5.41) is 0. The third-order valence-electron chi connectivity index (χ3n) is 3.21. The molecule has 0 aliphatic heterocycles. The van der Waals surface area contributed by atoms with Gasteiger partial charge in [-0.15, -0.1) is 0 Å². The zero-order valence-corrected chi connectivity index (χ0v) is 12.0. The zero-order chi connectivity index (χ0) is 14.4. The normalized spacial score (nSPS) is 10.5. The van der Waals surface area contributed by atoms with E-state index < -0.39 is 0 Å². The Labute approximate surface area is 118 Å². The van der Waals surface area contributed by atoms with Crippen LogP contribution in [0.1, 0.15) is 24.7 Å². The van der Waals surface area contributed by atoms with Crippen molar-refractivity contribution in [1.82, 2.24) is 9.55 Å². The second kappa shape index (κ2) is 6.84. The first-order valence-corrected chi connectivity index (χ1v) is 6.74. The molecule has 0 aliphatic rings. The van der Waals surface area contributed by atoms with Gasteiger partial charge in [0.25, 0.3) is 5.82 Å². The molecule has 0 radical (unpaired) electrons. The number of pyridine rings is 1. The topological polar surface area (TPSA) is 48.0 Å². The summed E-state index contributed by atoms with van der Waals surface area (Å²) in [5.41, 5.74) is 1.23. The molecule has 0 bridgehead atoms. The van der Waals surface area contributed by atoms with Crippen LogP contribution in [0.4, 0.5) is 0 Å². The Hall–Kier alpha value is -2.17. The largest absolute Gasteiger partial charge is 0.466 e. The molecule has 5 nitrogen and oxygen atoms in total. The molecule has 0 spiro atoms. The van der Waals surface area contributed by atoms with E-state index in [1.165, 1.54) is 18.3 Å². The lowest BCUT2D eigenvalue weighted by Crippen LogP contribution is -2.36. The van der Waals surface area contributed by atoms with E-state index in [9.17, 15) is 4.79 Å². The van der Waals surface area contributed by atoms with Crippen LogP contribution < -0.4 is 4.57 Å². The maximum Gasteiger partial charge on any atom is 0.302 e. The summed E-state index contributed by atoms with van der Waals surface area (Å²) in [6.45, 7) is 5.68. The van der Waals surface area contributed by atoms with Crippen LogP contribution in [0.3, 0.4) is 0 Å². The number of hydrogen-bond donors (Lipinski definition) is 0. The predicted molar refractivity (Wildman–Crippen MR) is 74.0 cm³/mol. The fourth-order valence-corrected chi connectivity index (χ4v) is 2.08. The average molecular weight is 274 g/mol. The second-order valence-corrected chi connectivity index (χ2v) is 4.72. The van der Waals surface area contributed by atoms with Crippen molar-refractivity contribution in [3.05, 3.63) is 48.3 Å². The van der Waals surface area contributed by atoms with Crippen LogP contribution in [0.15, 0.2) is 36.9 Å². The molecular formula is C15H20N3O2+. The molecule has 0 atom stereocenters. The third-order valence-corrected chi connectivity index (χ3v) is 3.21. The van der Waals surface area contributed by atoms with Crippen molar-refractivity contribution < 1.29 is 14.1 Å². The van der Waals surface area contributed by atoms with Crippen LogP contribution in [0.25, 0.3) is 0 Å². The SMILES string of the molecule is CC(=O)OCCCn1cc[n+](Cc2ccncc2)c1C. The van der Waals surface area contributed by atoms with Gasteiger partial charge in [-0.05, 0) is 17.7 Å². The van der Waals surface area contributed by atoms with Crippen LogP contribution in [0, 0.1) is 6.92 Å². The fourth-order valence-electron chi connectivity index (χ4n) is 2.08. The van der Waals surface area contributed by atoms with Crippen molar-refractivity contribution in [2.24, 2.45) is 0 Å². The maximum atomic E-state index is 10.7. The lowest BCUT2D eigenvalue weighted by molar-refractivity contribution is -0.694. The quantitative estimate of drug-likeness (QED) is 0.455. The molecule has 20 heavy (non-hydrogen) atoms. The Morgan fingerprint density at radius 2 is 2.15 bits per heavy atom. The Bertz CT molecular complexity index is 564. The molecule has 0 saturated heterocycles. The van der Waals surface area contributed by atoms with Crippen molar-refractivity contribution in [3.63, 3.8) is 0 Å². The summed E-state index contributed by atoms with van der Waals surface area (Å²) in [6.07, 6.45) is 8.57. The molecule has 106 valence electrons. The van der Waals surface area contributed by atoms with Gasteiger partial charge in [-0.3, -0.25) is 9.78 Å². The van der Waals surface area contributed by atoms with Gasteiger partial charge in [0.1, 0.15) is 18.9 Å². The van der Waals surface area contributed by atoms with Gasteiger partial charge in [-0.25, -0.2) is 9.13 Å². The van der Waals surface area contributed by atoms with Crippen LogP contribution >= 0.6 is 0 Å². The number of rotatable bonds is 6. The highest BCUT2D eigenvalue weighted by molar-refractivity contribution is 5.65. The third kappa shape index (κ3) is 3.91. The molecule has 0 aliphatic carbocycles. The Kier molecular flexibility index (Phi) is 4.87. The molecule has 0 unspecified atom stereocenters. The highest BCUT2D eigenvalue weighted by atomic mass is 16.5. The van der Waals surface area contributed by atoms with Gasteiger partial charge in [-0.1, -0.05) is 0 Å². The summed E-state index contributed by atoms with van der Waals surface area (Å²) in [7, 11) is 0. The lowest BCUT2D eigenvalue weighted by Gasteiger charge is -2.02. The lowest BCUT2D eigenvalue weighted by atomic mass is 10.3. The van der Waals surface area contributed by atoms with Crippen molar-refractivity contribution in [1.29, 1.82) is 0 Å². The van der Waals surface area contributed by atoms with E-state index in [4.69, 9.17) is 4.74 Å². The Morgan fingerprint density at radius 3 is 2.85 bits per heavy atom. The molecule has 0 aromatic carbocycles. The number of esters is 1. The summed E-state index contributed by atoms with van der Waals surface area (Å²) in [5.74, 6) is 0.964. The highest BCUT2D eigenvalue weighted by Crippen LogP contribution is 2.00. The van der Waals surface area contributed by atoms with Crippen molar-refractivity contribution in [2.45, 2.75) is 33.4 Å². The first-order chi connectivity index (χ1) is 9.66. The van der Waals surface area contributed by atoms with E-state index >= 15 is 0 Å². The molecule has 0 amide bonds. The van der Waals surface area contributed by atoms with E-state index in [-0.39, 0.29) is 5.97 Å². The standard InChI is InChI=1S/C15H20N3O2/c1-13-17(8-3-11-20-14(2)19)9-10-18(13)12-15-4-6-16-7-5-15/h4-7,9-10H,3,8,11-12H2,1-2H3/q+1. The Morgan fingerprint density at radius 1 is 1.40 bits per heavy atom. The Balaban J connectivity index is 1.92. The average Bonchev–Trinajstić information content (AvgIpc) is 2.77. The van der Waals surface area contributed by atoms with Gasteiger partial charge in [0.2, 0.25) is 0 Å². The van der Waals surface area contributed by atoms with Crippen LogP contribution in [0.2, 0.25) is 0 Å². The van der Waals surface area contributed by atoms with Crippen LogP contribution in [0.5, 0.6) is 0 Å². The van der Waals surface area contributed by atoms with E-state index in [0.717, 1.165) is 19.5 Å². The zero-order valence-electron chi connectivity index (χ0n) is 12.0. The molecule has 0 fully saturated rings. The monoisotopic (exact) mass is 274 g/mol. The van der Waals surface area contributed by atoms with E-state index in [2.05, 4.69) is 33.4 Å². The summed E-state index contributed by atoms with van der Waals surface area (Å²) in [6, 6.07) is 4.04. The molecule has 2 rings (SSSR count). The fraction of sp³-hybridized carbons (Fsp3) is 0.400. The molecule has 2 aromatic heterocycles. The number of nitrogens with zero attached hydrogens (tertiary/aromatic N) is 3. The molecule has 0 saturated carbocycles. The summed E-state index contributed by atoms with van der Waals surface area (Å²) >= 11 is 0. The van der Waals surface area contributed by atoms with Gasteiger partial charge in [0, 0.05) is 32.7 Å². The van der Waals surface area contributed by atoms with Gasteiger partial charge >= 0.3 is 5.97 Å². The second-order valence-electron chi connectivity index (χ2n) is 4.72. The summed E-state index contributed by atoms with van der Waals surface area (Å²) < 4.78 is 9.31. The predicted octanol–water partition coefficient (Wildman–Crippen LogP) is 1.48. The highest BCUT2D eigenvalue weighted by Gasteiger charge is 2.12. The first kappa shape index (κ1) is 14.2. The first-order valence-electron chi connectivity index (χ1n) is 6.74. The minimum atomic E-state index is -0.220. The van der Waals surface area contributed by atoms with Crippen molar-refractivity contribution in [3.8, 4) is 0 Å². The van der Waals surface area contributed by atoms with E-state index in [1.807, 2.05) is 12.1 Å². The molecular weight excluding hydrogens is 254 g/mol. The number of aromatic nitrogens is 3. The van der Waals surface area contributed by atoms with Gasteiger partial charge in [-0.2, -0.15) is 0 Å². The van der Waals surface area contributed by atoms with Gasteiger partial charge < -0.3 is 4.74 Å². The van der Waals surface area contributed by atoms with Crippen LogP contribution in [-0.2, 0) is 22.6 Å². The number of carbonyl (C=O) groups is 1. The summed E-state index contributed by atoms with van der Waals surface area (Å²) in [4.78, 5) is 14.7. The maximum absolute atomic E-state index is 10.7. The number of ether oxygens (including phenoxy) is 1. The van der Waals surface area contributed by atoms with Gasteiger partial charge in [0.15, 0.2) is 0 Å². The van der Waals surface area contributed by atoms with Gasteiger partial charge in [0.05, 0.1) is 13.2 Å². The molecule has 0 N–H and O–H groups in total.